The highest BCUT2D eigenvalue weighted by Gasteiger charge is 2.49. The Bertz CT molecular complexity index is 1090. The van der Waals surface area contributed by atoms with Crippen LogP contribution in [0.25, 0.3) is 5.69 Å². The third-order valence-electron chi connectivity index (χ3n) is 5.68. The van der Waals surface area contributed by atoms with Crippen molar-refractivity contribution in [2.24, 2.45) is 0 Å². The average Bonchev–Trinajstić information content (AvgIpc) is 3.22. The summed E-state index contributed by atoms with van der Waals surface area (Å²) >= 11 is 0. The van der Waals surface area contributed by atoms with Crippen molar-refractivity contribution in [2.75, 3.05) is 6.54 Å². The molecular weight excluding hydrogens is 410 g/mol. The van der Waals surface area contributed by atoms with Gasteiger partial charge in [0.05, 0.1) is 17.5 Å². The largest absolute Gasteiger partial charge is 0.479 e. The minimum atomic E-state index is -0.754. The van der Waals surface area contributed by atoms with Crippen LogP contribution in [0.1, 0.15) is 51.8 Å². The molecule has 4 rings (SSSR count). The number of esters is 1. The Labute approximate surface area is 187 Å². The van der Waals surface area contributed by atoms with Crippen LogP contribution in [0.3, 0.4) is 0 Å². The fourth-order valence-corrected chi connectivity index (χ4v) is 4.30. The number of fused-ring (bicyclic) bond motifs is 4. The SMILES string of the molecule is CC(=O)OCc1ccc2c(c1)OC1(CCN(C(=O)OC(C)(C)C)C(C#N)C1)c1cccn1-2. The second-order valence-electron chi connectivity index (χ2n) is 9.21. The van der Waals surface area contributed by atoms with Crippen LogP contribution in [0.5, 0.6) is 5.75 Å². The van der Waals surface area contributed by atoms with Gasteiger partial charge in [0.15, 0.2) is 5.60 Å². The van der Waals surface area contributed by atoms with Crippen molar-refractivity contribution >= 4 is 12.1 Å². The van der Waals surface area contributed by atoms with Gasteiger partial charge >= 0.3 is 12.1 Å². The molecule has 0 saturated carbocycles. The first-order valence-electron chi connectivity index (χ1n) is 10.6. The molecule has 1 amide bonds. The van der Waals surface area contributed by atoms with Crippen LogP contribution in [-0.4, -0.2) is 39.7 Å². The quantitative estimate of drug-likeness (QED) is 0.658. The number of carbonyl (C=O) groups is 2. The van der Waals surface area contributed by atoms with Crippen molar-refractivity contribution in [3.05, 3.63) is 47.8 Å². The highest BCUT2D eigenvalue weighted by molar-refractivity contribution is 5.69. The molecule has 0 aliphatic carbocycles. The molecule has 168 valence electrons. The van der Waals surface area contributed by atoms with Crippen LogP contribution in [0.4, 0.5) is 4.79 Å². The molecule has 32 heavy (non-hydrogen) atoms. The van der Waals surface area contributed by atoms with Gasteiger partial charge in [-0.1, -0.05) is 6.07 Å². The molecule has 2 aromatic rings. The smallest absolute Gasteiger partial charge is 0.411 e. The first kappa shape index (κ1) is 21.8. The predicted molar refractivity (Wildman–Crippen MR) is 115 cm³/mol. The first-order valence-corrected chi connectivity index (χ1v) is 10.6. The van der Waals surface area contributed by atoms with Crippen LogP contribution in [0, 0.1) is 11.3 Å². The molecule has 0 N–H and O–H groups in total. The van der Waals surface area contributed by atoms with Crippen LogP contribution in [0.15, 0.2) is 36.5 Å². The van der Waals surface area contributed by atoms with E-state index in [-0.39, 0.29) is 12.6 Å². The summed E-state index contributed by atoms with van der Waals surface area (Å²) in [4.78, 5) is 25.4. The number of ether oxygens (including phenoxy) is 3. The molecule has 2 atom stereocenters. The summed E-state index contributed by atoms with van der Waals surface area (Å²) < 4.78 is 19.3. The number of likely N-dealkylation sites (tertiary alicyclic amines) is 1. The van der Waals surface area contributed by atoms with E-state index in [1.807, 2.05) is 36.5 Å². The maximum Gasteiger partial charge on any atom is 0.411 e. The van der Waals surface area contributed by atoms with E-state index in [9.17, 15) is 14.9 Å². The molecule has 1 aromatic carbocycles. The minimum absolute atomic E-state index is 0.157. The Kier molecular flexibility index (Phi) is 5.37. The molecule has 1 aromatic heterocycles. The van der Waals surface area contributed by atoms with E-state index in [1.54, 1.807) is 20.8 Å². The van der Waals surface area contributed by atoms with Gasteiger partial charge in [-0.3, -0.25) is 9.69 Å². The Morgan fingerprint density at radius 2 is 2.09 bits per heavy atom. The third kappa shape index (κ3) is 4.03. The molecule has 0 radical (unpaired) electrons. The van der Waals surface area contributed by atoms with E-state index >= 15 is 0 Å². The van der Waals surface area contributed by atoms with Crippen molar-refractivity contribution in [3.8, 4) is 17.5 Å². The third-order valence-corrected chi connectivity index (χ3v) is 5.68. The summed E-state index contributed by atoms with van der Waals surface area (Å²) in [5.41, 5.74) is 1.24. The van der Waals surface area contributed by atoms with Gasteiger partial charge in [0.25, 0.3) is 0 Å². The normalized spacial score (nSPS) is 21.7. The number of nitrogens with zero attached hydrogens (tertiary/aromatic N) is 3. The number of piperidine rings is 1. The number of aromatic nitrogens is 1. The van der Waals surface area contributed by atoms with Crippen LogP contribution < -0.4 is 4.74 Å². The zero-order valence-corrected chi connectivity index (χ0v) is 18.8. The summed E-state index contributed by atoms with van der Waals surface area (Å²) in [5.74, 6) is 0.306. The Hall–Kier alpha value is -3.47. The number of benzene rings is 1. The summed E-state index contributed by atoms with van der Waals surface area (Å²) in [5, 5.41) is 9.87. The lowest BCUT2D eigenvalue weighted by Gasteiger charge is -2.46. The van der Waals surface area contributed by atoms with Crippen molar-refractivity contribution in [1.29, 1.82) is 5.26 Å². The molecule has 8 nitrogen and oxygen atoms in total. The predicted octanol–water partition coefficient (Wildman–Crippen LogP) is 4.05. The second kappa shape index (κ2) is 7.90. The van der Waals surface area contributed by atoms with Gasteiger partial charge in [0.2, 0.25) is 0 Å². The van der Waals surface area contributed by atoms with Crippen molar-refractivity contribution in [1.82, 2.24) is 9.47 Å². The van der Waals surface area contributed by atoms with Gasteiger partial charge in [-0.05, 0) is 50.6 Å². The van der Waals surface area contributed by atoms with Gasteiger partial charge in [-0.25, -0.2) is 4.79 Å². The second-order valence-corrected chi connectivity index (χ2v) is 9.21. The van der Waals surface area contributed by atoms with E-state index in [1.165, 1.54) is 11.8 Å². The molecule has 1 fully saturated rings. The zero-order valence-electron chi connectivity index (χ0n) is 18.8. The fraction of sp³-hybridized carbons (Fsp3) is 0.458. The lowest BCUT2D eigenvalue weighted by molar-refractivity contribution is -0.142. The Balaban J connectivity index is 1.64. The van der Waals surface area contributed by atoms with Crippen molar-refractivity contribution in [2.45, 2.75) is 64.4 Å². The monoisotopic (exact) mass is 437 g/mol. The topological polar surface area (TPSA) is 93.8 Å². The minimum Gasteiger partial charge on any atom is -0.479 e. The van der Waals surface area contributed by atoms with E-state index < -0.39 is 23.3 Å². The molecule has 2 aliphatic heterocycles. The Morgan fingerprint density at radius 3 is 2.78 bits per heavy atom. The number of nitriles is 1. The van der Waals surface area contributed by atoms with E-state index in [0.29, 0.717) is 25.1 Å². The fourth-order valence-electron chi connectivity index (χ4n) is 4.30. The highest BCUT2D eigenvalue weighted by atomic mass is 16.6. The van der Waals surface area contributed by atoms with Gasteiger partial charge in [-0.15, -0.1) is 0 Å². The average molecular weight is 437 g/mol. The molecule has 0 bridgehead atoms. The summed E-state index contributed by atoms with van der Waals surface area (Å²) in [6.07, 6.45) is 2.31. The van der Waals surface area contributed by atoms with E-state index in [0.717, 1.165) is 16.9 Å². The van der Waals surface area contributed by atoms with Gasteiger partial charge in [-0.2, -0.15) is 5.26 Å². The first-order chi connectivity index (χ1) is 15.1. The van der Waals surface area contributed by atoms with E-state index in [2.05, 4.69) is 10.6 Å². The van der Waals surface area contributed by atoms with Gasteiger partial charge < -0.3 is 18.8 Å². The maximum absolute atomic E-state index is 12.7. The summed E-state index contributed by atoms with van der Waals surface area (Å²) in [6.45, 7) is 7.28. The Morgan fingerprint density at radius 1 is 1.31 bits per heavy atom. The van der Waals surface area contributed by atoms with E-state index in [4.69, 9.17) is 14.2 Å². The van der Waals surface area contributed by atoms with Gasteiger partial charge in [0, 0.05) is 32.5 Å². The number of rotatable bonds is 2. The zero-order chi connectivity index (χ0) is 23.1. The lowest BCUT2D eigenvalue weighted by Crippen LogP contribution is -2.55. The number of carbonyl (C=O) groups excluding carboxylic acids is 2. The summed E-state index contributed by atoms with van der Waals surface area (Å²) in [6, 6.07) is 11.2. The molecular formula is C24H27N3O5. The van der Waals surface area contributed by atoms with Crippen LogP contribution >= 0.6 is 0 Å². The molecule has 3 heterocycles. The summed E-state index contributed by atoms with van der Waals surface area (Å²) in [7, 11) is 0. The molecule has 2 unspecified atom stereocenters. The molecule has 1 saturated heterocycles. The van der Waals surface area contributed by atoms with Crippen LogP contribution in [-0.2, 0) is 26.5 Å². The number of hydrogen-bond acceptors (Lipinski definition) is 6. The molecule has 1 spiro atoms. The number of amides is 1. The maximum atomic E-state index is 12.7. The van der Waals surface area contributed by atoms with Crippen molar-refractivity contribution < 1.29 is 23.8 Å². The standard InChI is InChI=1S/C24H27N3O5/c1-16(28)30-15-17-7-8-19-20(12-17)31-24(21-6-5-10-27(19)21)9-11-26(18(13-24)14-25)22(29)32-23(2,3)4/h5-8,10,12,18H,9,11,13,15H2,1-4H3. The van der Waals surface area contributed by atoms with Crippen LogP contribution in [0.2, 0.25) is 0 Å². The number of hydrogen-bond donors (Lipinski definition) is 0. The van der Waals surface area contributed by atoms with Crippen molar-refractivity contribution in [3.63, 3.8) is 0 Å². The lowest BCUT2D eigenvalue weighted by atomic mass is 9.82. The molecule has 2 aliphatic rings. The van der Waals surface area contributed by atoms with Gasteiger partial charge in [0.1, 0.15) is 24.0 Å². The molecule has 8 heteroatoms. The highest BCUT2D eigenvalue weighted by Crippen LogP contribution is 2.46.